The second-order valence-corrected chi connectivity index (χ2v) is 6.14. The Bertz CT molecular complexity index is 557. The van der Waals surface area contributed by atoms with E-state index in [9.17, 15) is 9.59 Å². The maximum atomic E-state index is 12.5. The van der Waals surface area contributed by atoms with Crippen LogP contribution in [-0.2, 0) is 14.3 Å². The lowest BCUT2D eigenvalue weighted by Crippen LogP contribution is -2.52. The SMILES string of the molecule is CC(=O)N1c2ccccc2N(C(=O)COCC(C)C)C[C@@H]1C. The highest BCUT2D eigenvalue weighted by molar-refractivity contribution is 6.04. The van der Waals surface area contributed by atoms with Crippen LogP contribution in [0.15, 0.2) is 24.3 Å². The van der Waals surface area contributed by atoms with E-state index in [0.29, 0.717) is 19.1 Å². The summed E-state index contributed by atoms with van der Waals surface area (Å²) in [7, 11) is 0. The molecule has 5 nitrogen and oxygen atoms in total. The molecule has 1 atom stereocenters. The number of benzene rings is 1. The fourth-order valence-electron chi connectivity index (χ4n) is 2.75. The Morgan fingerprint density at radius 2 is 1.91 bits per heavy atom. The van der Waals surface area contributed by atoms with Crippen molar-refractivity contribution in [3.05, 3.63) is 24.3 Å². The van der Waals surface area contributed by atoms with Crippen LogP contribution >= 0.6 is 0 Å². The number of amides is 2. The molecule has 0 saturated carbocycles. The average Bonchev–Trinajstić information content (AvgIpc) is 2.45. The maximum Gasteiger partial charge on any atom is 0.253 e. The monoisotopic (exact) mass is 304 g/mol. The number of hydrogen-bond acceptors (Lipinski definition) is 3. The zero-order chi connectivity index (χ0) is 16.3. The Morgan fingerprint density at radius 3 is 2.50 bits per heavy atom. The number of fused-ring (bicyclic) bond motifs is 1. The van der Waals surface area contributed by atoms with Gasteiger partial charge < -0.3 is 14.5 Å². The van der Waals surface area contributed by atoms with Crippen LogP contribution < -0.4 is 9.80 Å². The largest absolute Gasteiger partial charge is 0.371 e. The third kappa shape index (κ3) is 3.47. The number of para-hydroxylation sites is 2. The smallest absolute Gasteiger partial charge is 0.253 e. The summed E-state index contributed by atoms with van der Waals surface area (Å²) >= 11 is 0. The number of rotatable bonds is 4. The van der Waals surface area contributed by atoms with Crippen molar-refractivity contribution in [1.82, 2.24) is 0 Å². The van der Waals surface area contributed by atoms with Crippen molar-refractivity contribution in [1.29, 1.82) is 0 Å². The molecular formula is C17H24N2O3. The third-order valence-electron chi connectivity index (χ3n) is 3.64. The molecule has 0 bridgehead atoms. The molecule has 22 heavy (non-hydrogen) atoms. The molecule has 0 aromatic heterocycles. The zero-order valence-corrected chi connectivity index (χ0v) is 13.7. The molecule has 0 unspecified atom stereocenters. The molecule has 0 radical (unpaired) electrons. The number of carbonyl (C=O) groups is 2. The standard InChI is InChI=1S/C17H24N2O3/c1-12(2)10-22-11-17(21)18-9-13(3)19(14(4)20)16-8-6-5-7-15(16)18/h5-8,12-13H,9-11H2,1-4H3/t13-/m0/s1. The van der Waals surface area contributed by atoms with E-state index in [1.165, 1.54) is 0 Å². The van der Waals surface area contributed by atoms with E-state index in [1.54, 1.807) is 16.7 Å². The van der Waals surface area contributed by atoms with Crippen LogP contribution in [0.3, 0.4) is 0 Å². The van der Waals surface area contributed by atoms with Gasteiger partial charge >= 0.3 is 0 Å². The van der Waals surface area contributed by atoms with E-state index in [4.69, 9.17) is 4.74 Å². The highest BCUT2D eigenvalue weighted by Gasteiger charge is 2.33. The summed E-state index contributed by atoms with van der Waals surface area (Å²) in [6.45, 7) is 8.72. The summed E-state index contributed by atoms with van der Waals surface area (Å²) in [6, 6.07) is 7.45. The van der Waals surface area contributed by atoms with Gasteiger partial charge in [0.1, 0.15) is 6.61 Å². The minimum absolute atomic E-state index is 0.0110. The third-order valence-corrected chi connectivity index (χ3v) is 3.64. The van der Waals surface area contributed by atoms with Crippen LogP contribution in [0, 0.1) is 5.92 Å². The highest BCUT2D eigenvalue weighted by atomic mass is 16.5. The van der Waals surface area contributed by atoms with Gasteiger partial charge in [-0.1, -0.05) is 26.0 Å². The van der Waals surface area contributed by atoms with Crippen molar-refractivity contribution < 1.29 is 14.3 Å². The van der Waals surface area contributed by atoms with Crippen molar-refractivity contribution >= 4 is 23.2 Å². The molecule has 1 heterocycles. The van der Waals surface area contributed by atoms with Gasteiger partial charge in [0, 0.05) is 20.1 Å². The fraction of sp³-hybridized carbons (Fsp3) is 0.529. The first-order valence-electron chi connectivity index (χ1n) is 7.68. The predicted molar refractivity (Wildman–Crippen MR) is 87.1 cm³/mol. The van der Waals surface area contributed by atoms with Gasteiger partial charge in [-0.25, -0.2) is 0 Å². The van der Waals surface area contributed by atoms with Crippen LogP contribution in [-0.4, -0.2) is 37.6 Å². The minimum Gasteiger partial charge on any atom is -0.371 e. The lowest BCUT2D eigenvalue weighted by atomic mass is 10.1. The fourth-order valence-corrected chi connectivity index (χ4v) is 2.75. The van der Waals surface area contributed by atoms with Gasteiger partial charge in [-0.3, -0.25) is 9.59 Å². The Balaban J connectivity index is 2.21. The minimum atomic E-state index is -0.0665. The summed E-state index contributed by atoms with van der Waals surface area (Å²) in [5.74, 6) is 0.319. The summed E-state index contributed by atoms with van der Waals surface area (Å²) in [4.78, 5) is 27.8. The van der Waals surface area contributed by atoms with Gasteiger partial charge in [0.05, 0.1) is 17.4 Å². The number of hydrogen-bond donors (Lipinski definition) is 0. The van der Waals surface area contributed by atoms with E-state index < -0.39 is 0 Å². The molecule has 1 aromatic rings. The van der Waals surface area contributed by atoms with E-state index in [2.05, 4.69) is 0 Å². The molecule has 0 spiro atoms. The van der Waals surface area contributed by atoms with Crippen LogP contribution in [0.25, 0.3) is 0 Å². The van der Waals surface area contributed by atoms with Crippen LogP contribution in [0.2, 0.25) is 0 Å². The first kappa shape index (κ1) is 16.5. The molecule has 1 aliphatic heterocycles. The molecule has 2 amide bonds. The Hall–Kier alpha value is -1.88. The molecule has 1 aliphatic rings. The van der Waals surface area contributed by atoms with Crippen LogP contribution in [0.4, 0.5) is 11.4 Å². The van der Waals surface area contributed by atoms with Crippen LogP contribution in [0.5, 0.6) is 0 Å². The highest BCUT2D eigenvalue weighted by Crippen LogP contribution is 2.35. The molecule has 0 fully saturated rings. The second-order valence-electron chi connectivity index (χ2n) is 6.14. The average molecular weight is 304 g/mol. The lowest BCUT2D eigenvalue weighted by Gasteiger charge is -2.40. The van der Waals surface area contributed by atoms with E-state index >= 15 is 0 Å². The maximum absolute atomic E-state index is 12.5. The molecule has 120 valence electrons. The van der Waals surface area contributed by atoms with Crippen molar-refractivity contribution in [3.8, 4) is 0 Å². The van der Waals surface area contributed by atoms with Gasteiger partial charge in [0.2, 0.25) is 5.91 Å². The Morgan fingerprint density at radius 1 is 1.27 bits per heavy atom. The van der Waals surface area contributed by atoms with Crippen molar-refractivity contribution in [2.45, 2.75) is 33.7 Å². The Kier molecular flexibility index (Phi) is 5.19. The van der Waals surface area contributed by atoms with E-state index in [-0.39, 0.29) is 24.5 Å². The molecular weight excluding hydrogens is 280 g/mol. The van der Waals surface area contributed by atoms with Crippen molar-refractivity contribution in [3.63, 3.8) is 0 Å². The molecule has 0 N–H and O–H groups in total. The van der Waals surface area contributed by atoms with Gasteiger partial charge in [-0.2, -0.15) is 0 Å². The van der Waals surface area contributed by atoms with Crippen molar-refractivity contribution in [2.24, 2.45) is 5.92 Å². The number of nitrogens with zero attached hydrogens (tertiary/aromatic N) is 2. The molecule has 5 heteroatoms. The van der Waals surface area contributed by atoms with Gasteiger partial charge in [-0.15, -0.1) is 0 Å². The van der Waals surface area contributed by atoms with E-state index in [0.717, 1.165) is 11.4 Å². The number of anilines is 2. The number of ether oxygens (including phenoxy) is 1. The first-order chi connectivity index (χ1) is 10.4. The number of carbonyl (C=O) groups excluding carboxylic acids is 2. The first-order valence-corrected chi connectivity index (χ1v) is 7.68. The normalized spacial score (nSPS) is 17.6. The van der Waals surface area contributed by atoms with Crippen LogP contribution in [0.1, 0.15) is 27.7 Å². The molecule has 2 rings (SSSR count). The van der Waals surface area contributed by atoms with Gasteiger partial charge in [0.25, 0.3) is 5.91 Å². The summed E-state index contributed by atoms with van der Waals surface area (Å²) in [5, 5.41) is 0. The lowest BCUT2D eigenvalue weighted by molar-refractivity contribution is -0.124. The topological polar surface area (TPSA) is 49.9 Å². The second kappa shape index (κ2) is 6.92. The summed E-state index contributed by atoms with van der Waals surface area (Å²) < 4.78 is 5.46. The summed E-state index contributed by atoms with van der Waals surface area (Å²) in [6.07, 6.45) is 0. The molecule has 0 saturated heterocycles. The van der Waals surface area contributed by atoms with E-state index in [1.807, 2.05) is 45.0 Å². The predicted octanol–water partition coefficient (Wildman–Crippen LogP) is 2.45. The Labute approximate surface area is 131 Å². The molecule has 1 aromatic carbocycles. The quantitative estimate of drug-likeness (QED) is 0.858. The molecule has 0 aliphatic carbocycles. The summed E-state index contributed by atoms with van der Waals surface area (Å²) in [5.41, 5.74) is 1.56. The van der Waals surface area contributed by atoms with Gasteiger partial charge in [-0.05, 0) is 25.0 Å². The van der Waals surface area contributed by atoms with Crippen molar-refractivity contribution in [2.75, 3.05) is 29.6 Å². The zero-order valence-electron chi connectivity index (χ0n) is 13.7. The van der Waals surface area contributed by atoms with Gasteiger partial charge in [0.15, 0.2) is 0 Å².